The summed E-state index contributed by atoms with van der Waals surface area (Å²) in [4.78, 5) is 36.2. The zero-order valence-electron chi connectivity index (χ0n) is 17.3. The summed E-state index contributed by atoms with van der Waals surface area (Å²) < 4.78 is 32.9. The van der Waals surface area contributed by atoms with Gasteiger partial charge in [0.15, 0.2) is 5.78 Å². The molecule has 4 rings (SSSR count). The fourth-order valence-corrected chi connectivity index (χ4v) is 4.03. The number of carbonyl (C=O) groups is 3. The minimum Gasteiger partial charge on any atom is -0.480 e. The molecule has 168 valence electrons. The van der Waals surface area contributed by atoms with Crippen LogP contribution in [0, 0.1) is 11.6 Å². The summed E-state index contributed by atoms with van der Waals surface area (Å²) in [6.45, 7) is -0.0535. The van der Waals surface area contributed by atoms with Gasteiger partial charge in [-0.15, -0.1) is 0 Å². The van der Waals surface area contributed by atoms with Crippen molar-refractivity contribution in [1.82, 2.24) is 5.32 Å². The van der Waals surface area contributed by atoms with Gasteiger partial charge in [0, 0.05) is 12.3 Å². The van der Waals surface area contributed by atoms with E-state index in [0.717, 1.165) is 40.5 Å². The highest BCUT2D eigenvalue weighted by molar-refractivity contribution is 5.99. The molecule has 0 saturated heterocycles. The van der Waals surface area contributed by atoms with Gasteiger partial charge < -0.3 is 15.2 Å². The van der Waals surface area contributed by atoms with Gasteiger partial charge in [-0.1, -0.05) is 54.6 Å². The number of carboxylic acids is 1. The molecule has 2 N–H and O–H groups in total. The molecule has 33 heavy (non-hydrogen) atoms. The molecular weight excluding hydrogens is 432 g/mol. The van der Waals surface area contributed by atoms with Crippen LogP contribution < -0.4 is 5.32 Å². The van der Waals surface area contributed by atoms with Crippen molar-refractivity contribution in [3.63, 3.8) is 0 Å². The molecule has 1 amide bonds. The van der Waals surface area contributed by atoms with Crippen molar-refractivity contribution >= 4 is 17.8 Å². The lowest BCUT2D eigenvalue weighted by Crippen LogP contribution is -2.43. The number of ether oxygens (including phenoxy) is 1. The molecule has 8 heteroatoms. The predicted molar refractivity (Wildman–Crippen MR) is 115 cm³/mol. The van der Waals surface area contributed by atoms with Crippen LogP contribution in [0.3, 0.4) is 0 Å². The molecule has 0 fully saturated rings. The Balaban J connectivity index is 1.43. The first-order chi connectivity index (χ1) is 15.9. The Morgan fingerprint density at radius 1 is 0.879 bits per heavy atom. The molecule has 1 aliphatic rings. The van der Waals surface area contributed by atoms with E-state index in [2.05, 4.69) is 5.32 Å². The summed E-state index contributed by atoms with van der Waals surface area (Å²) in [6, 6.07) is 16.6. The molecule has 1 atom stereocenters. The normalized spacial score (nSPS) is 13.0. The standard InChI is InChI=1S/C25H19F2NO5/c26-19-10-5-11-20(27)23(19)22(29)12-21(24(30)31)28-25(32)33-13-18-16-8-3-1-6-14(16)15-7-2-4-9-17(15)18/h1-11,18,21H,12-13H2,(H,28,32)(H,30,31). The van der Waals surface area contributed by atoms with Gasteiger partial charge in [-0.25, -0.2) is 18.4 Å². The van der Waals surface area contributed by atoms with Crippen LogP contribution in [0.25, 0.3) is 11.1 Å². The number of Topliss-reactive ketones (excluding diaryl/α,β-unsaturated/α-hetero) is 1. The number of ketones is 1. The lowest BCUT2D eigenvalue weighted by Gasteiger charge is -2.17. The molecule has 3 aromatic carbocycles. The van der Waals surface area contributed by atoms with E-state index in [1.54, 1.807) is 0 Å². The summed E-state index contributed by atoms with van der Waals surface area (Å²) in [6.07, 6.45) is -1.89. The molecule has 0 saturated carbocycles. The topological polar surface area (TPSA) is 92.7 Å². The van der Waals surface area contributed by atoms with Crippen LogP contribution in [0.5, 0.6) is 0 Å². The zero-order chi connectivity index (χ0) is 23.5. The van der Waals surface area contributed by atoms with Gasteiger partial charge in [-0.3, -0.25) is 4.79 Å². The van der Waals surface area contributed by atoms with Gasteiger partial charge in [0.2, 0.25) is 0 Å². The Hall–Kier alpha value is -4.07. The first-order valence-electron chi connectivity index (χ1n) is 10.2. The molecule has 0 heterocycles. The first kappa shape index (κ1) is 22.1. The van der Waals surface area contributed by atoms with Crippen LogP contribution in [0.1, 0.15) is 33.8 Å². The number of carboxylic acid groups (broad SMARTS) is 1. The molecule has 0 bridgehead atoms. The molecule has 1 unspecified atom stereocenters. The number of rotatable bonds is 7. The number of hydrogen-bond acceptors (Lipinski definition) is 4. The zero-order valence-corrected chi connectivity index (χ0v) is 17.3. The van der Waals surface area contributed by atoms with Gasteiger partial charge in [0.25, 0.3) is 0 Å². The van der Waals surface area contributed by atoms with Crippen LogP contribution >= 0.6 is 0 Å². The largest absolute Gasteiger partial charge is 0.480 e. The highest BCUT2D eigenvalue weighted by Crippen LogP contribution is 2.44. The van der Waals surface area contributed by atoms with Crippen molar-refractivity contribution in [3.05, 3.63) is 95.1 Å². The maximum absolute atomic E-state index is 13.8. The number of carbonyl (C=O) groups excluding carboxylic acids is 2. The number of alkyl carbamates (subject to hydrolysis) is 1. The quantitative estimate of drug-likeness (QED) is 0.515. The van der Waals surface area contributed by atoms with Gasteiger partial charge >= 0.3 is 12.1 Å². The number of benzene rings is 3. The van der Waals surface area contributed by atoms with E-state index in [1.165, 1.54) is 0 Å². The van der Waals surface area contributed by atoms with Crippen LogP contribution in [0.15, 0.2) is 66.7 Å². The molecule has 3 aromatic rings. The van der Waals surface area contributed by atoms with Crippen LogP contribution in [-0.4, -0.2) is 35.6 Å². The number of fused-ring (bicyclic) bond motifs is 3. The van der Waals surface area contributed by atoms with E-state index in [4.69, 9.17) is 4.74 Å². The van der Waals surface area contributed by atoms with Crippen LogP contribution in [0.4, 0.5) is 13.6 Å². The Morgan fingerprint density at radius 3 is 1.97 bits per heavy atom. The SMILES string of the molecule is O=C(NC(CC(=O)c1c(F)cccc1F)C(=O)O)OCC1c2ccccc2-c2ccccc21. The number of nitrogens with one attached hydrogen (secondary N) is 1. The number of amides is 1. The third-order valence-corrected chi connectivity index (χ3v) is 5.56. The summed E-state index contributed by atoms with van der Waals surface area (Å²) in [7, 11) is 0. The van der Waals surface area contributed by atoms with E-state index in [1.807, 2.05) is 48.5 Å². The van der Waals surface area contributed by atoms with E-state index >= 15 is 0 Å². The minimum atomic E-state index is -1.72. The summed E-state index contributed by atoms with van der Waals surface area (Å²) in [5.74, 6) is -5.07. The van der Waals surface area contributed by atoms with Gasteiger partial charge in [-0.05, 0) is 34.4 Å². The van der Waals surface area contributed by atoms with Crippen molar-refractivity contribution in [3.8, 4) is 11.1 Å². The van der Waals surface area contributed by atoms with E-state index in [9.17, 15) is 28.3 Å². The molecular formula is C25H19F2NO5. The Labute approximate surface area is 187 Å². The fraction of sp³-hybridized carbons (Fsp3) is 0.160. The molecule has 0 spiro atoms. The minimum absolute atomic E-state index is 0.0535. The average molecular weight is 451 g/mol. The van der Waals surface area contributed by atoms with Crippen molar-refractivity contribution in [2.24, 2.45) is 0 Å². The Bertz CT molecular complexity index is 1180. The second kappa shape index (κ2) is 9.20. The van der Waals surface area contributed by atoms with Crippen molar-refractivity contribution in [2.45, 2.75) is 18.4 Å². The van der Waals surface area contributed by atoms with E-state index in [0.29, 0.717) is 0 Å². The second-order valence-electron chi connectivity index (χ2n) is 7.58. The van der Waals surface area contributed by atoms with Crippen molar-refractivity contribution in [1.29, 1.82) is 0 Å². The average Bonchev–Trinajstić information content (AvgIpc) is 3.11. The fourth-order valence-electron chi connectivity index (χ4n) is 4.03. The van der Waals surface area contributed by atoms with Crippen molar-refractivity contribution < 1.29 is 33.0 Å². The monoisotopic (exact) mass is 451 g/mol. The summed E-state index contributed by atoms with van der Waals surface area (Å²) in [5, 5.41) is 11.5. The Kier molecular flexibility index (Phi) is 6.17. The number of hydrogen-bond donors (Lipinski definition) is 2. The molecule has 0 radical (unpaired) electrons. The predicted octanol–water partition coefficient (Wildman–Crippen LogP) is 4.53. The highest BCUT2D eigenvalue weighted by atomic mass is 19.1. The van der Waals surface area contributed by atoms with E-state index in [-0.39, 0.29) is 12.5 Å². The summed E-state index contributed by atoms with van der Waals surface area (Å²) >= 11 is 0. The maximum Gasteiger partial charge on any atom is 0.407 e. The maximum atomic E-state index is 13.8. The number of aliphatic carboxylic acids is 1. The summed E-state index contributed by atoms with van der Waals surface area (Å²) in [5.41, 5.74) is 3.17. The molecule has 0 aromatic heterocycles. The lowest BCUT2D eigenvalue weighted by atomic mass is 9.98. The first-order valence-corrected chi connectivity index (χ1v) is 10.2. The molecule has 6 nitrogen and oxygen atoms in total. The third-order valence-electron chi connectivity index (χ3n) is 5.56. The number of halogens is 2. The highest BCUT2D eigenvalue weighted by Gasteiger charge is 2.31. The smallest absolute Gasteiger partial charge is 0.407 e. The second-order valence-corrected chi connectivity index (χ2v) is 7.58. The van der Waals surface area contributed by atoms with Crippen LogP contribution in [0.2, 0.25) is 0 Å². The van der Waals surface area contributed by atoms with Gasteiger partial charge in [-0.2, -0.15) is 0 Å². The molecule has 0 aliphatic heterocycles. The Morgan fingerprint density at radius 2 is 1.42 bits per heavy atom. The van der Waals surface area contributed by atoms with Crippen LogP contribution in [-0.2, 0) is 9.53 Å². The lowest BCUT2D eigenvalue weighted by molar-refractivity contribution is -0.139. The van der Waals surface area contributed by atoms with Gasteiger partial charge in [0.05, 0.1) is 5.56 Å². The molecule has 1 aliphatic carbocycles. The van der Waals surface area contributed by atoms with E-state index < -0.39 is 47.5 Å². The van der Waals surface area contributed by atoms with Gasteiger partial charge in [0.1, 0.15) is 24.3 Å². The third kappa shape index (κ3) is 4.45. The van der Waals surface area contributed by atoms with Crippen molar-refractivity contribution in [2.75, 3.05) is 6.61 Å².